The summed E-state index contributed by atoms with van der Waals surface area (Å²) in [5.74, 6) is 0.561. The number of hydrogen-bond acceptors (Lipinski definition) is 6. The Morgan fingerprint density at radius 1 is 1.32 bits per heavy atom. The minimum atomic E-state index is 0.327. The maximum atomic E-state index is 5.67. The first-order valence-electron chi connectivity index (χ1n) is 6.04. The molecule has 1 saturated carbocycles. The van der Waals surface area contributed by atoms with Crippen molar-refractivity contribution in [1.29, 1.82) is 0 Å². The molecule has 2 aromatic heterocycles. The van der Waals surface area contributed by atoms with Crippen molar-refractivity contribution in [2.24, 2.45) is 0 Å². The Balaban J connectivity index is 1.54. The van der Waals surface area contributed by atoms with E-state index in [4.69, 9.17) is 9.47 Å². The summed E-state index contributed by atoms with van der Waals surface area (Å²) in [6, 6.07) is 5.53. The normalized spacial score (nSPS) is 15.0. The molecule has 0 atom stereocenters. The van der Waals surface area contributed by atoms with Crippen molar-refractivity contribution < 1.29 is 9.47 Å². The highest BCUT2D eigenvalue weighted by atomic mass is 79.9. The molecule has 3 rings (SSSR count). The fourth-order valence-corrected chi connectivity index (χ4v) is 2.58. The predicted molar refractivity (Wildman–Crippen MR) is 74.4 cm³/mol. The summed E-state index contributed by atoms with van der Waals surface area (Å²) >= 11 is 4.72. The molecule has 0 aromatic carbocycles. The van der Waals surface area contributed by atoms with Gasteiger partial charge in [-0.1, -0.05) is 22.5 Å². The Hall–Kier alpha value is -1.21. The van der Waals surface area contributed by atoms with Gasteiger partial charge in [-0.05, 0) is 41.3 Å². The van der Waals surface area contributed by atoms with Crippen molar-refractivity contribution in [3.8, 4) is 11.1 Å². The molecule has 1 fully saturated rings. The van der Waals surface area contributed by atoms with Crippen LogP contribution in [-0.4, -0.2) is 21.3 Å². The highest BCUT2D eigenvalue weighted by Gasteiger charge is 2.20. The van der Waals surface area contributed by atoms with Gasteiger partial charge < -0.3 is 9.47 Å². The van der Waals surface area contributed by atoms with Gasteiger partial charge in [0.05, 0.1) is 0 Å². The van der Waals surface area contributed by atoms with Crippen LogP contribution in [0.5, 0.6) is 11.1 Å². The monoisotopic (exact) mass is 341 g/mol. The highest BCUT2D eigenvalue weighted by Crippen LogP contribution is 2.27. The summed E-state index contributed by atoms with van der Waals surface area (Å²) < 4.78 is 12.0. The Morgan fingerprint density at radius 2 is 2.21 bits per heavy atom. The fraction of sp³-hybridized carbons (Fsp3) is 0.417. The molecule has 0 N–H and O–H groups in total. The minimum Gasteiger partial charge on any atom is -0.470 e. The van der Waals surface area contributed by atoms with Crippen LogP contribution in [0.25, 0.3) is 0 Å². The van der Waals surface area contributed by atoms with Gasteiger partial charge in [0.15, 0.2) is 5.01 Å². The van der Waals surface area contributed by atoms with Gasteiger partial charge >= 0.3 is 0 Å². The van der Waals surface area contributed by atoms with Crippen LogP contribution in [0, 0.1) is 0 Å². The Morgan fingerprint density at radius 3 is 2.95 bits per heavy atom. The van der Waals surface area contributed by atoms with E-state index in [1.807, 2.05) is 12.1 Å². The topological polar surface area (TPSA) is 57.1 Å². The molecule has 0 amide bonds. The lowest BCUT2D eigenvalue weighted by molar-refractivity contribution is 0.119. The van der Waals surface area contributed by atoms with Crippen LogP contribution < -0.4 is 9.47 Å². The van der Waals surface area contributed by atoms with Gasteiger partial charge in [0.25, 0.3) is 5.19 Å². The van der Waals surface area contributed by atoms with Crippen LogP contribution in [0.4, 0.5) is 0 Å². The van der Waals surface area contributed by atoms with Gasteiger partial charge in [0.2, 0.25) is 5.88 Å². The first-order chi connectivity index (χ1) is 9.29. The van der Waals surface area contributed by atoms with Gasteiger partial charge in [0.1, 0.15) is 17.3 Å². The van der Waals surface area contributed by atoms with E-state index in [1.54, 1.807) is 6.07 Å². The molecule has 100 valence electrons. The highest BCUT2D eigenvalue weighted by molar-refractivity contribution is 9.10. The lowest BCUT2D eigenvalue weighted by Gasteiger charge is -2.24. The molecule has 0 spiro atoms. The zero-order valence-electron chi connectivity index (χ0n) is 10.1. The molecule has 0 unspecified atom stereocenters. The van der Waals surface area contributed by atoms with Crippen molar-refractivity contribution >= 4 is 27.3 Å². The molecule has 1 aliphatic carbocycles. The maximum Gasteiger partial charge on any atom is 0.294 e. The molecular formula is C12H12BrN3O2S. The van der Waals surface area contributed by atoms with E-state index in [9.17, 15) is 0 Å². The summed E-state index contributed by atoms with van der Waals surface area (Å²) in [6.07, 6.45) is 3.81. The summed E-state index contributed by atoms with van der Waals surface area (Å²) in [5.41, 5.74) is 0. The number of pyridine rings is 1. The second kappa shape index (κ2) is 5.83. The molecular weight excluding hydrogens is 330 g/mol. The number of hydrogen-bond donors (Lipinski definition) is 0. The molecule has 0 bridgehead atoms. The summed E-state index contributed by atoms with van der Waals surface area (Å²) in [7, 11) is 0. The third-order valence-electron chi connectivity index (χ3n) is 2.80. The molecule has 0 aliphatic heterocycles. The van der Waals surface area contributed by atoms with E-state index in [2.05, 4.69) is 31.1 Å². The number of halogens is 1. The average Bonchev–Trinajstić information content (AvgIpc) is 2.79. The molecule has 7 heteroatoms. The first-order valence-corrected chi connectivity index (χ1v) is 7.65. The zero-order chi connectivity index (χ0) is 13.1. The fourth-order valence-electron chi connectivity index (χ4n) is 1.58. The number of aromatic nitrogens is 3. The Bertz CT molecular complexity index is 559. The van der Waals surface area contributed by atoms with Crippen molar-refractivity contribution in [2.75, 3.05) is 0 Å². The first kappa shape index (κ1) is 12.8. The molecule has 5 nitrogen and oxygen atoms in total. The summed E-state index contributed by atoms with van der Waals surface area (Å²) in [5, 5.41) is 9.47. The largest absolute Gasteiger partial charge is 0.470 e. The lowest BCUT2D eigenvalue weighted by atomic mass is 9.96. The second-order valence-corrected chi connectivity index (χ2v) is 6.06. The Kier molecular flexibility index (Phi) is 3.93. The molecule has 2 aromatic rings. The summed E-state index contributed by atoms with van der Waals surface area (Å²) in [6.45, 7) is 0.356. The van der Waals surface area contributed by atoms with E-state index >= 15 is 0 Å². The number of rotatable bonds is 5. The number of ether oxygens (including phenoxy) is 2. The van der Waals surface area contributed by atoms with Gasteiger partial charge in [0, 0.05) is 6.07 Å². The van der Waals surface area contributed by atoms with Crippen LogP contribution in [0.1, 0.15) is 24.3 Å². The van der Waals surface area contributed by atoms with Gasteiger partial charge in [-0.25, -0.2) is 4.98 Å². The molecule has 2 heterocycles. The molecule has 0 radical (unpaired) electrons. The van der Waals surface area contributed by atoms with Crippen molar-refractivity contribution in [3.63, 3.8) is 0 Å². The van der Waals surface area contributed by atoms with Crippen LogP contribution in [0.15, 0.2) is 22.8 Å². The van der Waals surface area contributed by atoms with E-state index in [0.717, 1.165) is 22.5 Å². The van der Waals surface area contributed by atoms with Crippen molar-refractivity contribution in [3.05, 3.63) is 27.8 Å². The van der Waals surface area contributed by atoms with Crippen LogP contribution in [0.2, 0.25) is 0 Å². The van der Waals surface area contributed by atoms with Crippen LogP contribution >= 0.6 is 27.3 Å². The standard InChI is InChI=1S/C12H12BrN3O2S/c13-9-5-2-6-10(14-9)17-7-11-15-16-12(19-11)18-8-3-1-4-8/h2,5-6,8H,1,3-4,7H2. The third-order valence-corrected chi connectivity index (χ3v) is 4.03. The van der Waals surface area contributed by atoms with E-state index < -0.39 is 0 Å². The quantitative estimate of drug-likeness (QED) is 0.781. The van der Waals surface area contributed by atoms with E-state index in [-0.39, 0.29) is 0 Å². The third kappa shape index (κ3) is 3.42. The molecule has 1 aliphatic rings. The van der Waals surface area contributed by atoms with E-state index in [1.165, 1.54) is 17.8 Å². The smallest absolute Gasteiger partial charge is 0.294 e. The SMILES string of the molecule is Brc1cccc(OCc2nnc(OC3CCC3)s2)n1. The Labute approximate surface area is 123 Å². The average molecular weight is 342 g/mol. The molecule has 19 heavy (non-hydrogen) atoms. The summed E-state index contributed by atoms with van der Waals surface area (Å²) in [4.78, 5) is 4.19. The molecule has 0 saturated heterocycles. The maximum absolute atomic E-state index is 5.67. The second-order valence-electron chi connectivity index (χ2n) is 4.22. The van der Waals surface area contributed by atoms with Crippen molar-refractivity contribution in [1.82, 2.24) is 15.2 Å². The van der Waals surface area contributed by atoms with Gasteiger partial charge in [-0.2, -0.15) is 0 Å². The minimum absolute atomic E-state index is 0.327. The van der Waals surface area contributed by atoms with E-state index in [0.29, 0.717) is 23.8 Å². The van der Waals surface area contributed by atoms with Crippen LogP contribution in [-0.2, 0) is 6.61 Å². The zero-order valence-corrected chi connectivity index (χ0v) is 12.5. The number of nitrogens with zero attached hydrogens (tertiary/aromatic N) is 3. The predicted octanol–water partition coefficient (Wildman–Crippen LogP) is 3.21. The van der Waals surface area contributed by atoms with Gasteiger partial charge in [-0.15, -0.1) is 5.10 Å². The van der Waals surface area contributed by atoms with Crippen LogP contribution in [0.3, 0.4) is 0 Å². The lowest BCUT2D eigenvalue weighted by Crippen LogP contribution is -2.24. The van der Waals surface area contributed by atoms with Gasteiger partial charge in [-0.3, -0.25) is 0 Å². The van der Waals surface area contributed by atoms with Crippen molar-refractivity contribution in [2.45, 2.75) is 32.0 Å².